The van der Waals surface area contributed by atoms with Crippen LogP contribution in [0.25, 0.3) is 0 Å². The number of benzene rings is 1. The van der Waals surface area contributed by atoms with Gasteiger partial charge in [-0.2, -0.15) is 5.10 Å². The van der Waals surface area contributed by atoms with Crippen molar-refractivity contribution in [3.8, 4) is 5.75 Å². The molecule has 1 heterocycles. The van der Waals surface area contributed by atoms with E-state index in [4.69, 9.17) is 4.74 Å². The molecule has 0 aliphatic rings. The molecule has 154 valence electrons. The molecule has 28 heavy (non-hydrogen) atoms. The number of nitrogens with zero attached hydrogens (tertiary/aromatic N) is 3. The van der Waals surface area contributed by atoms with Crippen LogP contribution in [0.5, 0.6) is 5.75 Å². The van der Waals surface area contributed by atoms with Gasteiger partial charge in [-0.3, -0.25) is 9.67 Å². The van der Waals surface area contributed by atoms with Crippen LogP contribution in [0.2, 0.25) is 0 Å². The van der Waals surface area contributed by atoms with Crippen LogP contribution in [0, 0.1) is 13.8 Å². The van der Waals surface area contributed by atoms with Crippen LogP contribution in [-0.2, 0) is 13.5 Å². The molecular formula is C22H35N5O. The van der Waals surface area contributed by atoms with Crippen molar-refractivity contribution in [1.82, 2.24) is 20.4 Å². The molecule has 0 saturated heterocycles. The Morgan fingerprint density at radius 1 is 1.21 bits per heavy atom. The first kappa shape index (κ1) is 21.8. The van der Waals surface area contributed by atoms with Crippen molar-refractivity contribution < 1.29 is 4.74 Å². The largest absolute Gasteiger partial charge is 0.491 e. The second-order valence-corrected chi connectivity index (χ2v) is 7.56. The maximum absolute atomic E-state index is 5.97. The lowest BCUT2D eigenvalue weighted by atomic mass is 10.0. The molecule has 6 nitrogen and oxygen atoms in total. The summed E-state index contributed by atoms with van der Waals surface area (Å²) >= 11 is 0. The average Bonchev–Trinajstić information content (AvgIpc) is 2.90. The SMILES string of the molecule is CN=C(NCCOc1ccccc1C(C)C)NC(C)Cc1c(C)nn(C)c1C. The zero-order valence-corrected chi connectivity index (χ0v) is 18.3. The predicted octanol–water partition coefficient (Wildman–Crippen LogP) is 3.34. The smallest absolute Gasteiger partial charge is 0.191 e. The molecular weight excluding hydrogens is 350 g/mol. The highest BCUT2D eigenvalue weighted by Crippen LogP contribution is 2.25. The third kappa shape index (κ3) is 5.75. The topological polar surface area (TPSA) is 63.5 Å². The van der Waals surface area contributed by atoms with Gasteiger partial charge in [0, 0.05) is 25.8 Å². The van der Waals surface area contributed by atoms with Crippen LogP contribution in [0.3, 0.4) is 0 Å². The lowest BCUT2D eigenvalue weighted by molar-refractivity contribution is 0.317. The predicted molar refractivity (Wildman–Crippen MR) is 116 cm³/mol. The quantitative estimate of drug-likeness (QED) is 0.416. The number of para-hydroxylation sites is 1. The Morgan fingerprint density at radius 2 is 1.93 bits per heavy atom. The fourth-order valence-corrected chi connectivity index (χ4v) is 3.32. The monoisotopic (exact) mass is 385 g/mol. The van der Waals surface area contributed by atoms with Crippen LogP contribution in [0.1, 0.15) is 49.2 Å². The molecule has 1 aromatic heterocycles. The maximum Gasteiger partial charge on any atom is 0.191 e. The molecule has 0 amide bonds. The molecule has 2 N–H and O–H groups in total. The van der Waals surface area contributed by atoms with E-state index in [-0.39, 0.29) is 6.04 Å². The van der Waals surface area contributed by atoms with E-state index in [0.29, 0.717) is 19.1 Å². The molecule has 6 heteroatoms. The van der Waals surface area contributed by atoms with Crippen molar-refractivity contribution in [2.75, 3.05) is 20.2 Å². The number of guanidine groups is 1. The van der Waals surface area contributed by atoms with E-state index in [1.54, 1.807) is 7.05 Å². The minimum atomic E-state index is 0.246. The molecule has 0 spiro atoms. The zero-order valence-electron chi connectivity index (χ0n) is 18.3. The summed E-state index contributed by atoms with van der Waals surface area (Å²) < 4.78 is 7.91. The van der Waals surface area contributed by atoms with Crippen molar-refractivity contribution in [1.29, 1.82) is 0 Å². The average molecular weight is 386 g/mol. The third-order valence-electron chi connectivity index (χ3n) is 4.97. The van der Waals surface area contributed by atoms with Gasteiger partial charge in [0.15, 0.2) is 5.96 Å². The molecule has 0 bridgehead atoms. The van der Waals surface area contributed by atoms with Gasteiger partial charge in [0.05, 0.1) is 12.2 Å². The number of aryl methyl sites for hydroxylation is 2. The van der Waals surface area contributed by atoms with Crippen molar-refractivity contribution in [2.45, 2.75) is 53.0 Å². The summed E-state index contributed by atoms with van der Waals surface area (Å²) in [5.41, 5.74) is 4.84. The normalized spacial score (nSPS) is 12.9. The first-order valence-corrected chi connectivity index (χ1v) is 10.0. The summed E-state index contributed by atoms with van der Waals surface area (Å²) in [4.78, 5) is 4.33. The summed E-state index contributed by atoms with van der Waals surface area (Å²) in [7, 11) is 3.78. The number of aliphatic imine (C=N–C) groups is 1. The molecule has 0 aliphatic carbocycles. The van der Waals surface area contributed by atoms with Gasteiger partial charge in [0.1, 0.15) is 12.4 Å². The first-order valence-electron chi connectivity index (χ1n) is 10.0. The van der Waals surface area contributed by atoms with E-state index < -0.39 is 0 Å². The van der Waals surface area contributed by atoms with Crippen LogP contribution in [0.15, 0.2) is 29.3 Å². The fraction of sp³-hybridized carbons (Fsp3) is 0.545. The molecule has 1 unspecified atom stereocenters. The van der Waals surface area contributed by atoms with Gasteiger partial charge in [0.2, 0.25) is 0 Å². The second kappa shape index (κ2) is 10.2. The molecule has 1 atom stereocenters. The van der Waals surface area contributed by atoms with Gasteiger partial charge >= 0.3 is 0 Å². The van der Waals surface area contributed by atoms with Crippen molar-refractivity contribution >= 4 is 5.96 Å². The van der Waals surface area contributed by atoms with Gasteiger partial charge in [-0.15, -0.1) is 0 Å². The van der Waals surface area contributed by atoms with E-state index in [0.717, 1.165) is 23.8 Å². The summed E-state index contributed by atoms with van der Waals surface area (Å²) in [6.07, 6.45) is 0.907. The first-order chi connectivity index (χ1) is 13.3. The lowest BCUT2D eigenvalue weighted by Crippen LogP contribution is -2.44. The Morgan fingerprint density at radius 3 is 2.54 bits per heavy atom. The minimum Gasteiger partial charge on any atom is -0.491 e. The van der Waals surface area contributed by atoms with Gasteiger partial charge in [-0.25, -0.2) is 0 Å². The summed E-state index contributed by atoms with van der Waals surface area (Å²) in [6, 6.07) is 8.47. The maximum atomic E-state index is 5.97. The Hall–Kier alpha value is -2.50. The van der Waals surface area contributed by atoms with Crippen LogP contribution in [0.4, 0.5) is 0 Å². The molecule has 2 aromatic rings. The third-order valence-corrected chi connectivity index (χ3v) is 4.97. The van der Waals surface area contributed by atoms with Gasteiger partial charge in [0.25, 0.3) is 0 Å². The van der Waals surface area contributed by atoms with Crippen LogP contribution in [-0.4, -0.2) is 42.0 Å². The number of hydrogen-bond donors (Lipinski definition) is 2. The molecule has 0 aliphatic heterocycles. The summed E-state index contributed by atoms with van der Waals surface area (Å²) in [5, 5.41) is 11.3. The second-order valence-electron chi connectivity index (χ2n) is 7.56. The molecule has 0 fully saturated rings. The Bertz CT molecular complexity index is 794. The highest BCUT2D eigenvalue weighted by atomic mass is 16.5. The van der Waals surface area contributed by atoms with E-state index in [1.807, 2.05) is 23.9 Å². The van der Waals surface area contributed by atoms with Gasteiger partial charge in [-0.1, -0.05) is 32.0 Å². The summed E-state index contributed by atoms with van der Waals surface area (Å²) in [5.74, 6) is 2.18. The summed E-state index contributed by atoms with van der Waals surface area (Å²) in [6.45, 7) is 12.0. The van der Waals surface area contributed by atoms with Gasteiger partial charge < -0.3 is 15.4 Å². The lowest BCUT2D eigenvalue weighted by Gasteiger charge is -2.19. The highest BCUT2D eigenvalue weighted by Gasteiger charge is 2.14. The Balaban J connectivity index is 1.81. The Kier molecular flexibility index (Phi) is 7.91. The number of ether oxygens (including phenoxy) is 1. The Labute approximate surface area is 169 Å². The van der Waals surface area contributed by atoms with E-state index >= 15 is 0 Å². The fourth-order valence-electron chi connectivity index (χ4n) is 3.32. The zero-order chi connectivity index (χ0) is 20.7. The minimum absolute atomic E-state index is 0.246. The van der Waals surface area contributed by atoms with Crippen molar-refractivity contribution in [2.24, 2.45) is 12.0 Å². The van der Waals surface area contributed by atoms with Crippen molar-refractivity contribution in [3.63, 3.8) is 0 Å². The van der Waals surface area contributed by atoms with Crippen LogP contribution >= 0.6 is 0 Å². The number of nitrogens with one attached hydrogen (secondary N) is 2. The van der Waals surface area contributed by atoms with E-state index in [9.17, 15) is 0 Å². The molecule has 1 aromatic carbocycles. The van der Waals surface area contributed by atoms with Crippen LogP contribution < -0.4 is 15.4 Å². The number of aromatic nitrogens is 2. The number of hydrogen-bond acceptors (Lipinski definition) is 3. The standard InChI is InChI=1S/C22H35N5O/c1-15(2)19-10-8-9-11-21(19)28-13-12-24-22(23-6)25-16(3)14-20-17(4)26-27(7)18(20)5/h8-11,15-16H,12-14H2,1-7H3,(H2,23,24,25). The van der Waals surface area contributed by atoms with Crippen molar-refractivity contribution in [3.05, 3.63) is 46.8 Å². The molecule has 0 radical (unpaired) electrons. The molecule has 2 rings (SSSR count). The van der Waals surface area contributed by atoms with E-state index in [1.165, 1.54) is 16.8 Å². The van der Waals surface area contributed by atoms with Gasteiger partial charge in [-0.05, 0) is 50.3 Å². The molecule has 0 saturated carbocycles. The van der Waals surface area contributed by atoms with E-state index in [2.05, 4.69) is 67.5 Å². The highest BCUT2D eigenvalue weighted by molar-refractivity contribution is 5.79. The number of rotatable bonds is 8.